The second kappa shape index (κ2) is 8.69. The van der Waals surface area contributed by atoms with Gasteiger partial charge in [-0.1, -0.05) is 30.7 Å². The van der Waals surface area contributed by atoms with Gasteiger partial charge in [0, 0.05) is 17.5 Å². The zero-order valence-electron chi connectivity index (χ0n) is 21.5. The Hall–Kier alpha value is -3.19. The van der Waals surface area contributed by atoms with Crippen LogP contribution in [-0.2, 0) is 15.7 Å². The third-order valence-corrected chi connectivity index (χ3v) is 8.60. The van der Waals surface area contributed by atoms with E-state index in [4.69, 9.17) is 4.74 Å². The lowest BCUT2D eigenvalue weighted by molar-refractivity contribution is -0.137. The van der Waals surface area contributed by atoms with Gasteiger partial charge in [-0.3, -0.25) is 9.78 Å². The Kier molecular flexibility index (Phi) is 5.98. The first-order valence-electron chi connectivity index (χ1n) is 12.5. The molecule has 5 atom stereocenters. The molecule has 3 heterocycles. The number of rotatable bonds is 4. The van der Waals surface area contributed by atoms with Crippen molar-refractivity contribution in [2.45, 2.75) is 65.3 Å². The molecule has 1 aromatic heterocycles. The van der Waals surface area contributed by atoms with E-state index in [0.29, 0.717) is 11.8 Å². The van der Waals surface area contributed by atoms with E-state index in [1.54, 1.807) is 0 Å². The van der Waals surface area contributed by atoms with Gasteiger partial charge in [0.2, 0.25) is 0 Å². The first kappa shape index (κ1) is 25.5. The van der Waals surface area contributed by atoms with Gasteiger partial charge in [0.1, 0.15) is 5.76 Å². The number of carbonyl (C=O) groups is 1. The lowest BCUT2D eigenvalue weighted by Gasteiger charge is -2.41. The Balaban J connectivity index is 1.62. The lowest BCUT2D eigenvalue weighted by Crippen LogP contribution is -2.42. The van der Waals surface area contributed by atoms with Crippen molar-refractivity contribution in [3.05, 3.63) is 81.7 Å². The Labute approximate surface area is 214 Å². The van der Waals surface area contributed by atoms with Crippen LogP contribution in [0.15, 0.2) is 48.4 Å². The number of ether oxygens (including phenoxy) is 1. The van der Waals surface area contributed by atoms with E-state index in [-0.39, 0.29) is 34.8 Å². The van der Waals surface area contributed by atoms with E-state index in [0.717, 1.165) is 46.2 Å². The molecule has 2 bridgehead atoms. The average Bonchev–Trinajstić information content (AvgIpc) is 3.38. The van der Waals surface area contributed by atoms with Crippen LogP contribution in [0.25, 0.3) is 16.5 Å². The summed E-state index contributed by atoms with van der Waals surface area (Å²) in [5.41, 5.74) is 3.36. The summed E-state index contributed by atoms with van der Waals surface area (Å²) in [5, 5.41) is 12.4. The van der Waals surface area contributed by atoms with Crippen LogP contribution in [0.3, 0.4) is 0 Å². The second-order valence-corrected chi connectivity index (χ2v) is 10.8. The predicted molar refractivity (Wildman–Crippen MR) is 136 cm³/mol. The van der Waals surface area contributed by atoms with Crippen molar-refractivity contribution in [2.24, 2.45) is 11.3 Å². The number of hydrogen-bond donors (Lipinski definition) is 1. The molecule has 0 radical (unpaired) electrons. The number of aliphatic hydroxyl groups is 1. The monoisotopic (exact) mass is 509 g/mol. The first-order valence-corrected chi connectivity index (χ1v) is 12.5. The maximum Gasteiger partial charge on any atom is 0.416 e. The fraction of sp³-hybridized carbons (Fsp3) is 0.400. The zero-order chi connectivity index (χ0) is 26.9. The molecular weight excluding hydrogens is 479 g/mol. The number of aliphatic hydroxyl groups excluding tert-OH is 1. The van der Waals surface area contributed by atoms with Gasteiger partial charge in [-0.15, -0.1) is 0 Å². The number of hydrogen-bond acceptors (Lipinski definition) is 4. The molecule has 2 fully saturated rings. The number of carbonyl (C=O) groups excluding carboxylic acids is 1. The number of allylic oxidation sites excluding steroid dienone is 1. The number of nitrogens with zero attached hydrogens (tertiary/aromatic N) is 1. The molecular formula is C30H30F3NO3. The third kappa shape index (κ3) is 3.86. The summed E-state index contributed by atoms with van der Waals surface area (Å²) < 4.78 is 46.3. The van der Waals surface area contributed by atoms with Crippen LogP contribution < -0.4 is 0 Å². The molecule has 194 valence electrons. The molecule has 0 amide bonds. The second-order valence-electron chi connectivity index (χ2n) is 10.8. The molecule has 2 aromatic carbocycles. The predicted octanol–water partition coefficient (Wildman–Crippen LogP) is 7.24. The molecule has 0 saturated carbocycles. The van der Waals surface area contributed by atoms with Gasteiger partial charge >= 0.3 is 6.18 Å². The highest BCUT2D eigenvalue weighted by atomic mass is 19.4. The number of halogens is 3. The van der Waals surface area contributed by atoms with Crippen molar-refractivity contribution in [3.63, 3.8) is 0 Å². The molecule has 2 aliphatic rings. The smallest absolute Gasteiger partial charge is 0.416 e. The van der Waals surface area contributed by atoms with Crippen molar-refractivity contribution in [3.8, 4) is 0 Å². The largest absolute Gasteiger partial charge is 0.511 e. The van der Waals surface area contributed by atoms with Crippen molar-refractivity contribution < 1.29 is 27.8 Å². The third-order valence-electron chi connectivity index (χ3n) is 8.60. The van der Waals surface area contributed by atoms with Crippen LogP contribution >= 0.6 is 0 Å². The Morgan fingerprint density at radius 2 is 1.81 bits per heavy atom. The standard InChI is InChI=1S/C30H30F3NO3/c1-15-10-16(2)26(17(3)11-15)23(14-35)27(36)29(5)18(4)25-13-22(28(29)37-25)20-8-9-34-24-12-19(30(31,32)33)6-7-21(20)24/h6-12,14,18,22,25,28,36H,13H2,1-5H3/b27-23-/t18-,22?,25+,28-,29-/m1/s1. The summed E-state index contributed by atoms with van der Waals surface area (Å²) in [6.45, 7) is 9.79. The summed E-state index contributed by atoms with van der Waals surface area (Å²) >= 11 is 0. The molecule has 5 rings (SSSR count). The number of alkyl halides is 3. The van der Waals surface area contributed by atoms with Crippen LogP contribution in [0.4, 0.5) is 13.2 Å². The van der Waals surface area contributed by atoms with Gasteiger partial charge in [0.05, 0.1) is 34.3 Å². The molecule has 4 nitrogen and oxygen atoms in total. The zero-order valence-corrected chi connectivity index (χ0v) is 21.5. The highest BCUT2D eigenvalue weighted by molar-refractivity contribution is 6.09. The van der Waals surface area contributed by atoms with Crippen molar-refractivity contribution in [2.75, 3.05) is 0 Å². The summed E-state index contributed by atoms with van der Waals surface area (Å²) in [6.07, 6.45) is -2.15. The van der Waals surface area contributed by atoms with Gasteiger partial charge in [-0.2, -0.15) is 13.2 Å². The maximum absolute atomic E-state index is 13.3. The molecule has 0 aliphatic carbocycles. The van der Waals surface area contributed by atoms with Gasteiger partial charge in [-0.25, -0.2) is 0 Å². The minimum atomic E-state index is -4.45. The number of aryl methyl sites for hydroxylation is 3. The Bertz CT molecular complexity index is 1420. The molecule has 3 aromatic rings. The summed E-state index contributed by atoms with van der Waals surface area (Å²) in [5.74, 6) is -0.247. The Morgan fingerprint density at radius 1 is 1.14 bits per heavy atom. The average molecular weight is 510 g/mol. The number of benzene rings is 2. The molecule has 1 N–H and O–H groups in total. The number of pyridine rings is 1. The quantitative estimate of drug-likeness (QED) is 0.229. The topological polar surface area (TPSA) is 59.4 Å². The van der Waals surface area contributed by atoms with Crippen molar-refractivity contribution in [1.82, 2.24) is 4.98 Å². The van der Waals surface area contributed by atoms with Gasteiger partial charge in [0.15, 0.2) is 6.29 Å². The Morgan fingerprint density at radius 3 is 2.41 bits per heavy atom. The first-order chi connectivity index (χ1) is 17.4. The van der Waals surface area contributed by atoms with Gasteiger partial charge < -0.3 is 9.84 Å². The molecule has 37 heavy (non-hydrogen) atoms. The van der Waals surface area contributed by atoms with E-state index in [9.17, 15) is 23.1 Å². The van der Waals surface area contributed by atoms with E-state index >= 15 is 0 Å². The minimum absolute atomic E-state index is 0.0000255. The molecule has 2 saturated heterocycles. The molecule has 7 heteroatoms. The van der Waals surface area contributed by atoms with Crippen LogP contribution in [0.5, 0.6) is 0 Å². The fourth-order valence-electron chi connectivity index (χ4n) is 6.68. The molecule has 2 aliphatic heterocycles. The van der Waals surface area contributed by atoms with Gasteiger partial charge in [0.25, 0.3) is 0 Å². The summed E-state index contributed by atoms with van der Waals surface area (Å²) in [6, 6.07) is 9.42. The fourth-order valence-corrected chi connectivity index (χ4v) is 6.68. The lowest BCUT2D eigenvalue weighted by atomic mass is 9.61. The van der Waals surface area contributed by atoms with Crippen LogP contribution in [0.1, 0.15) is 59.6 Å². The number of fused-ring (bicyclic) bond motifs is 3. The summed E-state index contributed by atoms with van der Waals surface area (Å²) in [4.78, 5) is 16.6. The minimum Gasteiger partial charge on any atom is -0.511 e. The number of aldehydes is 1. The maximum atomic E-state index is 13.3. The number of aromatic nitrogens is 1. The molecule has 1 unspecified atom stereocenters. The van der Waals surface area contributed by atoms with E-state index < -0.39 is 23.3 Å². The van der Waals surface area contributed by atoms with E-state index in [1.807, 2.05) is 52.8 Å². The van der Waals surface area contributed by atoms with Crippen LogP contribution in [0, 0.1) is 32.1 Å². The van der Waals surface area contributed by atoms with E-state index in [2.05, 4.69) is 4.98 Å². The normalized spacial score (nSPS) is 28.0. The van der Waals surface area contributed by atoms with Gasteiger partial charge in [-0.05, 0) is 80.5 Å². The van der Waals surface area contributed by atoms with Crippen molar-refractivity contribution in [1.29, 1.82) is 0 Å². The summed E-state index contributed by atoms with van der Waals surface area (Å²) in [7, 11) is 0. The van der Waals surface area contributed by atoms with Crippen molar-refractivity contribution >= 4 is 22.8 Å². The highest BCUT2D eigenvalue weighted by Crippen LogP contribution is 2.61. The molecule has 0 spiro atoms. The SMILES string of the molecule is Cc1cc(C)c(/C(C=O)=C(\O)[C@]2(C)[C@@H]3O[C@@H](CC3c3ccnc4cc(C(F)(F)F)ccc34)[C@H]2C)c(C)c1. The van der Waals surface area contributed by atoms with E-state index in [1.165, 1.54) is 12.3 Å². The highest BCUT2D eigenvalue weighted by Gasteiger charge is 2.62. The van der Waals surface area contributed by atoms with Crippen LogP contribution in [0.2, 0.25) is 0 Å². The van der Waals surface area contributed by atoms with Crippen LogP contribution in [-0.4, -0.2) is 28.6 Å².